The summed E-state index contributed by atoms with van der Waals surface area (Å²) in [5.74, 6) is 0.503. The number of hydrogen-bond acceptors (Lipinski definition) is 6. The first-order chi connectivity index (χ1) is 12.1. The number of nitrogens with one attached hydrogen (secondary N) is 2. The average molecular weight is 358 g/mol. The lowest BCUT2D eigenvalue weighted by molar-refractivity contribution is -0.385. The van der Waals surface area contributed by atoms with Crippen molar-refractivity contribution < 1.29 is 14.5 Å². The molecule has 1 aromatic heterocycles. The normalized spacial score (nSPS) is 12.2. The van der Waals surface area contributed by atoms with Gasteiger partial charge in [0.05, 0.1) is 11.0 Å². The molecule has 8 nitrogen and oxygen atoms in total. The maximum atomic E-state index is 11.8. The minimum atomic E-state index is -0.546. The second-order valence-electron chi connectivity index (χ2n) is 6.77. The summed E-state index contributed by atoms with van der Waals surface area (Å²) in [5.41, 5.74) is 1.08. The number of amides is 1. The van der Waals surface area contributed by atoms with E-state index in [0.29, 0.717) is 5.82 Å². The average Bonchev–Trinajstić information content (AvgIpc) is 2.54. The van der Waals surface area contributed by atoms with Gasteiger partial charge in [-0.2, -0.15) is 0 Å². The fraction of sp³-hybridized carbons (Fsp3) is 0.333. The molecule has 0 saturated heterocycles. The molecule has 8 heteroatoms. The Bertz CT molecular complexity index is 767. The first kappa shape index (κ1) is 19.2. The number of aromatic nitrogens is 1. The van der Waals surface area contributed by atoms with Gasteiger partial charge in [0, 0.05) is 11.8 Å². The van der Waals surface area contributed by atoms with E-state index < -0.39 is 16.6 Å². The Labute approximate surface area is 151 Å². The third-order valence-electron chi connectivity index (χ3n) is 3.38. The van der Waals surface area contributed by atoms with Crippen LogP contribution in [0.4, 0.5) is 22.0 Å². The Morgan fingerprint density at radius 3 is 2.35 bits per heavy atom. The number of nitro groups is 1. The van der Waals surface area contributed by atoms with Crippen LogP contribution in [-0.2, 0) is 4.74 Å². The van der Waals surface area contributed by atoms with Crippen molar-refractivity contribution in [2.75, 3.05) is 5.32 Å². The Morgan fingerprint density at radius 1 is 1.19 bits per heavy atom. The third-order valence-corrected chi connectivity index (χ3v) is 3.38. The predicted octanol–water partition coefficient (Wildman–Crippen LogP) is 4.32. The largest absolute Gasteiger partial charge is 0.444 e. The predicted molar refractivity (Wildman–Crippen MR) is 98.4 cm³/mol. The summed E-state index contributed by atoms with van der Waals surface area (Å²) >= 11 is 0. The Balaban J connectivity index is 1.96. The molecule has 0 spiro atoms. The molecule has 0 radical (unpaired) electrons. The molecule has 0 saturated carbocycles. The zero-order valence-corrected chi connectivity index (χ0v) is 15.1. The molecule has 0 bridgehead atoms. The number of benzene rings is 1. The monoisotopic (exact) mass is 358 g/mol. The van der Waals surface area contributed by atoms with Crippen molar-refractivity contribution in [1.29, 1.82) is 0 Å². The van der Waals surface area contributed by atoms with Crippen LogP contribution >= 0.6 is 0 Å². The Hall–Kier alpha value is -3.16. The van der Waals surface area contributed by atoms with E-state index in [1.165, 1.54) is 12.3 Å². The van der Waals surface area contributed by atoms with Crippen molar-refractivity contribution in [3.8, 4) is 0 Å². The van der Waals surface area contributed by atoms with Gasteiger partial charge in [0.2, 0.25) is 0 Å². The number of rotatable bonds is 5. The summed E-state index contributed by atoms with van der Waals surface area (Å²) in [6.07, 6.45) is 0.728. The van der Waals surface area contributed by atoms with E-state index in [2.05, 4.69) is 15.6 Å². The number of nitrogens with zero attached hydrogens (tertiary/aromatic N) is 2. The molecule has 0 aliphatic carbocycles. The first-order valence-corrected chi connectivity index (χ1v) is 8.11. The Kier molecular flexibility index (Phi) is 5.76. The van der Waals surface area contributed by atoms with Gasteiger partial charge in [-0.3, -0.25) is 10.1 Å². The SMILES string of the molecule is C[C@H](NC(=O)OC(C)(C)C)c1ccc(Nc2ccc([N+](=O)[O-])cn2)cc1. The van der Waals surface area contributed by atoms with Crippen LogP contribution in [0, 0.1) is 10.1 Å². The van der Waals surface area contributed by atoms with Crippen molar-refractivity contribution in [1.82, 2.24) is 10.3 Å². The number of carbonyl (C=O) groups excluding carboxylic acids is 1. The highest BCUT2D eigenvalue weighted by Crippen LogP contribution is 2.20. The minimum absolute atomic E-state index is 0.0621. The summed E-state index contributed by atoms with van der Waals surface area (Å²) in [4.78, 5) is 26.0. The molecule has 26 heavy (non-hydrogen) atoms. The highest BCUT2D eigenvalue weighted by atomic mass is 16.6. The second kappa shape index (κ2) is 7.81. The molecule has 2 N–H and O–H groups in total. The van der Waals surface area contributed by atoms with Crippen LogP contribution < -0.4 is 10.6 Å². The Morgan fingerprint density at radius 2 is 1.85 bits per heavy atom. The summed E-state index contributed by atoms with van der Waals surface area (Å²) in [5, 5.41) is 16.5. The minimum Gasteiger partial charge on any atom is -0.444 e. The van der Waals surface area contributed by atoms with Crippen LogP contribution in [0.15, 0.2) is 42.6 Å². The van der Waals surface area contributed by atoms with Crippen molar-refractivity contribution in [2.45, 2.75) is 39.3 Å². The van der Waals surface area contributed by atoms with Gasteiger partial charge in [-0.1, -0.05) is 12.1 Å². The van der Waals surface area contributed by atoms with Gasteiger partial charge < -0.3 is 15.4 Å². The van der Waals surface area contributed by atoms with E-state index in [1.54, 1.807) is 6.07 Å². The van der Waals surface area contributed by atoms with Crippen LogP contribution in [0.3, 0.4) is 0 Å². The molecule has 1 heterocycles. The number of pyridine rings is 1. The molecule has 1 aromatic carbocycles. The van der Waals surface area contributed by atoms with Crippen molar-refractivity contribution in [3.63, 3.8) is 0 Å². The van der Waals surface area contributed by atoms with E-state index in [9.17, 15) is 14.9 Å². The molecule has 0 fully saturated rings. The zero-order valence-electron chi connectivity index (χ0n) is 15.1. The van der Waals surface area contributed by atoms with Crippen molar-refractivity contribution in [3.05, 3.63) is 58.3 Å². The molecule has 2 rings (SSSR count). The fourth-order valence-corrected chi connectivity index (χ4v) is 2.14. The van der Waals surface area contributed by atoms with E-state index in [1.807, 2.05) is 52.0 Å². The lowest BCUT2D eigenvalue weighted by Gasteiger charge is -2.22. The van der Waals surface area contributed by atoms with Gasteiger partial charge in [0.15, 0.2) is 0 Å². The zero-order chi connectivity index (χ0) is 19.3. The van der Waals surface area contributed by atoms with Crippen molar-refractivity contribution >= 4 is 23.3 Å². The standard InChI is InChI=1S/C18H22N4O4/c1-12(20-17(23)26-18(2,3)4)13-5-7-14(8-6-13)21-16-10-9-15(11-19-16)22(24)25/h5-12H,1-4H3,(H,19,21)(H,20,23)/t12-/m0/s1. The van der Waals surface area contributed by atoms with Crippen LogP contribution in [-0.4, -0.2) is 21.6 Å². The number of hydrogen-bond donors (Lipinski definition) is 2. The summed E-state index contributed by atoms with van der Waals surface area (Å²) in [6, 6.07) is 10.1. The first-order valence-electron chi connectivity index (χ1n) is 8.11. The van der Waals surface area contributed by atoms with Gasteiger partial charge in [-0.05, 0) is 51.5 Å². The van der Waals surface area contributed by atoms with Gasteiger partial charge >= 0.3 is 6.09 Å². The number of carbonyl (C=O) groups is 1. The molecule has 0 unspecified atom stereocenters. The lowest BCUT2D eigenvalue weighted by Crippen LogP contribution is -2.34. The highest BCUT2D eigenvalue weighted by molar-refractivity contribution is 5.68. The molecule has 1 amide bonds. The second-order valence-corrected chi connectivity index (χ2v) is 6.77. The smallest absolute Gasteiger partial charge is 0.408 e. The molecule has 2 aromatic rings. The van der Waals surface area contributed by atoms with E-state index in [-0.39, 0.29) is 11.7 Å². The summed E-state index contributed by atoms with van der Waals surface area (Å²) in [6.45, 7) is 7.29. The highest BCUT2D eigenvalue weighted by Gasteiger charge is 2.18. The maximum Gasteiger partial charge on any atom is 0.408 e. The molecular weight excluding hydrogens is 336 g/mol. The van der Waals surface area contributed by atoms with E-state index >= 15 is 0 Å². The van der Waals surface area contributed by atoms with Crippen LogP contribution in [0.2, 0.25) is 0 Å². The van der Waals surface area contributed by atoms with Gasteiger partial charge in [-0.15, -0.1) is 0 Å². The number of alkyl carbamates (subject to hydrolysis) is 1. The maximum absolute atomic E-state index is 11.8. The number of ether oxygens (including phenoxy) is 1. The van der Waals surface area contributed by atoms with Gasteiger partial charge in [-0.25, -0.2) is 9.78 Å². The summed E-state index contributed by atoms with van der Waals surface area (Å²) < 4.78 is 5.24. The third kappa shape index (κ3) is 5.73. The van der Waals surface area contributed by atoms with Gasteiger partial charge in [0.25, 0.3) is 5.69 Å². The van der Waals surface area contributed by atoms with Crippen LogP contribution in [0.1, 0.15) is 39.3 Å². The van der Waals surface area contributed by atoms with Crippen LogP contribution in [0.5, 0.6) is 0 Å². The summed E-state index contributed by atoms with van der Waals surface area (Å²) in [7, 11) is 0. The van der Waals surface area contributed by atoms with Crippen molar-refractivity contribution in [2.24, 2.45) is 0 Å². The molecule has 1 atom stereocenters. The van der Waals surface area contributed by atoms with E-state index in [0.717, 1.165) is 11.3 Å². The van der Waals surface area contributed by atoms with Crippen LogP contribution in [0.25, 0.3) is 0 Å². The van der Waals surface area contributed by atoms with E-state index in [4.69, 9.17) is 4.74 Å². The fourth-order valence-electron chi connectivity index (χ4n) is 2.14. The molecular formula is C18H22N4O4. The molecule has 138 valence electrons. The quantitative estimate of drug-likeness (QED) is 0.609. The molecule has 0 aliphatic rings. The molecule has 0 aliphatic heterocycles. The lowest BCUT2D eigenvalue weighted by atomic mass is 10.1. The van der Waals surface area contributed by atoms with Gasteiger partial charge in [0.1, 0.15) is 17.6 Å². The number of anilines is 2. The topological polar surface area (TPSA) is 106 Å².